The van der Waals surface area contributed by atoms with Gasteiger partial charge in [0.15, 0.2) is 0 Å². The van der Waals surface area contributed by atoms with E-state index in [9.17, 15) is 9.18 Å². The molecule has 0 saturated carbocycles. The molecule has 0 aliphatic carbocycles. The van der Waals surface area contributed by atoms with Gasteiger partial charge in [-0.3, -0.25) is 4.79 Å². The van der Waals surface area contributed by atoms with Crippen LogP contribution in [-0.2, 0) is 4.79 Å². The number of rotatable bonds is 6. The van der Waals surface area contributed by atoms with Crippen LogP contribution < -0.4 is 5.32 Å². The Labute approximate surface area is 106 Å². The second kappa shape index (κ2) is 7.61. The maximum atomic E-state index is 13.2. The maximum Gasteiger partial charge on any atom is 0.244 e. The fraction of sp³-hybridized carbons (Fsp3) is 0.357. The zero-order valence-corrected chi connectivity index (χ0v) is 10.4. The molecular weight excluding hydrogens is 233 g/mol. The van der Waals surface area contributed by atoms with Crippen LogP contribution in [0.1, 0.15) is 25.3 Å². The van der Waals surface area contributed by atoms with Crippen LogP contribution in [0.15, 0.2) is 30.3 Å². The lowest BCUT2D eigenvalue weighted by Crippen LogP contribution is -2.22. The highest BCUT2D eigenvalue weighted by molar-refractivity contribution is 5.91. The van der Waals surface area contributed by atoms with Crippen molar-refractivity contribution in [1.29, 1.82) is 0 Å². The van der Waals surface area contributed by atoms with Gasteiger partial charge >= 0.3 is 0 Å². The summed E-state index contributed by atoms with van der Waals surface area (Å²) in [6.07, 6.45) is 3.77. The Kier molecular flexibility index (Phi) is 6.08. The molecule has 0 spiro atoms. The molecule has 1 amide bonds. The maximum absolute atomic E-state index is 13.2. The number of aliphatic hydroxyl groups excluding tert-OH is 1. The van der Waals surface area contributed by atoms with Crippen LogP contribution in [0.4, 0.5) is 4.39 Å². The Bertz CT molecular complexity index is 416. The summed E-state index contributed by atoms with van der Waals surface area (Å²) < 4.78 is 13.2. The monoisotopic (exact) mass is 251 g/mol. The summed E-state index contributed by atoms with van der Waals surface area (Å²) in [7, 11) is 0. The first-order valence-electron chi connectivity index (χ1n) is 5.98. The quantitative estimate of drug-likeness (QED) is 0.601. The lowest BCUT2D eigenvalue weighted by atomic mass is 10.2. The van der Waals surface area contributed by atoms with Crippen molar-refractivity contribution >= 4 is 12.0 Å². The molecule has 3 nitrogen and oxygen atoms in total. The van der Waals surface area contributed by atoms with Gasteiger partial charge in [-0.05, 0) is 31.9 Å². The first-order valence-corrected chi connectivity index (χ1v) is 5.98. The van der Waals surface area contributed by atoms with Crippen LogP contribution in [0.2, 0.25) is 0 Å². The average Bonchev–Trinajstić information content (AvgIpc) is 2.33. The third-order valence-electron chi connectivity index (χ3n) is 2.42. The van der Waals surface area contributed by atoms with Crippen molar-refractivity contribution in [2.24, 2.45) is 0 Å². The van der Waals surface area contributed by atoms with Crippen molar-refractivity contribution < 1.29 is 14.3 Å². The Hall–Kier alpha value is -1.68. The largest absolute Gasteiger partial charge is 0.393 e. The molecule has 1 rings (SSSR count). The standard InChI is InChI=1S/C14H18FNO2/c1-11(17)5-4-10-16-14(18)9-8-12-6-2-3-7-13(12)15/h2-3,6-9,11,17H,4-5,10H2,1H3,(H,16,18)/b9-8+. The average molecular weight is 251 g/mol. The number of aliphatic hydroxyl groups is 1. The molecule has 18 heavy (non-hydrogen) atoms. The van der Waals surface area contributed by atoms with Crippen LogP contribution in [0.5, 0.6) is 0 Å². The molecule has 0 fully saturated rings. The number of carbonyl (C=O) groups is 1. The second-order valence-corrected chi connectivity index (χ2v) is 4.14. The molecule has 0 aliphatic rings. The number of halogens is 1. The fourth-order valence-corrected chi connectivity index (χ4v) is 1.44. The van der Waals surface area contributed by atoms with E-state index in [1.165, 1.54) is 18.2 Å². The predicted octanol–water partition coefficient (Wildman–Crippen LogP) is 2.12. The van der Waals surface area contributed by atoms with Crippen molar-refractivity contribution in [2.75, 3.05) is 6.54 Å². The van der Waals surface area contributed by atoms with E-state index in [-0.39, 0.29) is 17.8 Å². The van der Waals surface area contributed by atoms with Gasteiger partial charge in [0.1, 0.15) is 5.82 Å². The number of hydrogen-bond donors (Lipinski definition) is 2. The number of hydrogen-bond acceptors (Lipinski definition) is 2. The van der Waals surface area contributed by atoms with Crippen LogP contribution >= 0.6 is 0 Å². The third kappa shape index (κ3) is 5.59. The van der Waals surface area contributed by atoms with Gasteiger partial charge in [0.05, 0.1) is 6.10 Å². The van der Waals surface area contributed by atoms with Gasteiger partial charge < -0.3 is 10.4 Å². The molecule has 0 radical (unpaired) electrons. The Balaban J connectivity index is 2.34. The molecule has 0 saturated heterocycles. The summed E-state index contributed by atoms with van der Waals surface area (Å²) in [6, 6.07) is 6.26. The van der Waals surface area contributed by atoms with E-state index >= 15 is 0 Å². The molecule has 4 heteroatoms. The molecule has 0 aliphatic heterocycles. The van der Waals surface area contributed by atoms with E-state index in [0.717, 1.165) is 6.42 Å². The van der Waals surface area contributed by atoms with Gasteiger partial charge in [0.25, 0.3) is 0 Å². The van der Waals surface area contributed by atoms with E-state index in [4.69, 9.17) is 5.11 Å². The molecular formula is C14H18FNO2. The molecule has 2 N–H and O–H groups in total. The minimum Gasteiger partial charge on any atom is -0.393 e. The van der Waals surface area contributed by atoms with Gasteiger partial charge in [0, 0.05) is 18.2 Å². The SMILES string of the molecule is CC(O)CCCNC(=O)/C=C/c1ccccc1F. The van der Waals surface area contributed by atoms with Gasteiger partial charge in [-0.2, -0.15) is 0 Å². The topological polar surface area (TPSA) is 49.3 Å². The molecule has 1 atom stereocenters. The lowest BCUT2D eigenvalue weighted by Gasteiger charge is -2.04. The Morgan fingerprint density at radius 3 is 2.89 bits per heavy atom. The molecule has 0 bridgehead atoms. The molecule has 1 unspecified atom stereocenters. The van der Waals surface area contributed by atoms with E-state index < -0.39 is 0 Å². The minimum atomic E-state index is -0.351. The number of carbonyl (C=O) groups excluding carboxylic acids is 1. The fourth-order valence-electron chi connectivity index (χ4n) is 1.44. The number of nitrogens with one attached hydrogen (secondary N) is 1. The van der Waals surface area contributed by atoms with E-state index in [1.54, 1.807) is 25.1 Å². The van der Waals surface area contributed by atoms with Crippen molar-refractivity contribution in [1.82, 2.24) is 5.32 Å². The summed E-state index contributed by atoms with van der Waals surface area (Å²) >= 11 is 0. The molecule has 0 heterocycles. The smallest absolute Gasteiger partial charge is 0.244 e. The summed E-state index contributed by atoms with van der Waals surface area (Å²) in [5, 5.41) is 11.7. The van der Waals surface area contributed by atoms with E-state index in [2.05, 4.69) is 5.32 Å². The summed E-state index contributed by atoms with van der Waals surface area (Å²) in [5.41, 5.74) is 0.386. The van der Waals surface area contributed by atoms with Crippen LogP contribution in [0.3, 0.4) is 0 Å². The number of benzene rings is 1. The highest BCUT2D eigenvalue weighted by Crippen LogP contribution is 2.07. The van der Waals surface area contributed by atoms with E-state index in [1.807, 2.05) is 0 Å². The van der Waals surface area contributed by atoms with Crippen LogP contribution in [-0.4, -0.2) is 23.7 Å². The van der Waals surface area contributed by atoms with Crippen molar-refractivity contribution in [3.05, 3.63) is 41.7 Å². The third-order valence-corrected chi connectivity index (χ3v) is 2.42. The van der Waals surface area contributed by atoms with Crippen molar-refractivity contribution in [3.63, 3.8) is 0 Å². The summed E-state index contributed by atoms with van der Waals surface area (Å²) in [5.74, 6) is -0.612. The van der Waals surface area contributed by atoms with E-state index in [0.29, 0.717) is 18.5 Å². The Morgan fingerprint density at radius 1 is 1.50 bits per heavy atom. The minimum absolute atomic E-state index is 0.260. The molecule has 0 aromatic heterocycles. The molecule has 1 aromatic rings. The van der Waals surface area contributed by atoms with Crippen molar-refractivity contribution in [3.8, 4) is 0 Å². The Morgan fingerprint density at radius 2 is 2.22 bits per heavy atom. The van der Waals surface area contributed by atoms with Crippen LogP contribution in [0.25, 0.3) is 6.08 Å². The first-order chi connectivity index (χ1) is 8.59. The summed E-state index contributed by atoms with van der Waals surface area (Å²) in [6.45, 7) is 2.21. The summed E-state index contributed by atoms with van der Waals surface area (Å²) in [4.78, 5) is 11.4. The zero-order chi connectivity index (χ0) is 13.4. The second-order valence-electron chi connectivity index (χ2n) is 4.14. The normalized spacial score (nSPS) is 12.6. The van der Waals surface area contributed by atoms with Crippen molar-refractivity contribution in [2.45, 2.75) is 25.9 Å². The highest BCUT2D eigenvalue weighted by atomic mass is 19.1. The highest BCUT2D eigenvalue weighted by Gasteiger charge is 1.99. The van der Waals surface area contributed by atoms with Gasteiger partial charge in [0.2, 0.25) is 5.91 Å². The van der Waals surface area contributed by atoms with Gasteiger partial charge in [-0.15, -0.1) is 0 Å². The lowest BCUT2D eigenvalue weighted by molar-refractivity contribution is -0.116. The number of amides is 1. The molecule has 98 valence electrons. The van der Waals surface area contributed by atoms with Gasteiger partial charge in [-0.25, -0.2) is 4.39 Å². The first kappa shape index (κ1) is 14.4. The zero-order valence-electron chi connectivity index (χ0n) is 10.4. The molecule has 1 aromatic carbocycles. The van der Waals surface area contributed by atoms with Crippen LogP contribution in [0, 0.1) is 5.82 Å². The van der Waals surface area contributed by atoms with Gasteiger partial charge in [-0.1, -0.05) is 18.2 Å². The predicted molar refractivity (Wildman–Crippen MR) is 69.4 cm³/mol.